The molecule has 1 aliphatic heterocycles. The van der Waals surface area contributed by atoms with E-state index in [2.05, 4.69) is 5.32 Å². The van der Waals surface area contributed by atoms with Crippen molar-refractivity contribution in [2.75, 3.05) is 38.1 Å². The van der Waals surface area contributed by atoms with E-state index in [1.807, 2.05) is 6.92 Å². The average molecular weight is 461 g/mol. The molecule has 2 amide bonds. The summed E-state index contributed by atoms with van der Waals surface area (Å²) in [5.74, 6) is -0.246. The van der Waals surface area contributed by atoms with Crippen LogP contribution >= 0.6 is 11.3 Å². The number of amides is 2. The van der Waals surface area contributed by atoms with Crippen molar-refractivity contribution in [3.8, 4) is 0 Å². The molecule has 0 radical (unpaired) electrons. The number of hydrogen-bond donors (Lipinski definition) is 2. The van der Waals surface area contributed by atoms with Crippen molar-refractivity contribution in [3.63, 3.8) is 0 Å². The Balaban J connectivity index is 1.40. The Morgan fingerprint density at radius 3 is 2.69 bits per heavy atom. The highest BCUT2D eigenvalue weighted by Gasteiger charge is 2.34. The number of thiophene rings is 1. The molecule has 1 fully saturated rings. The number of anilines is 1. The Morgan fingerprint density at radius 2 is 2.00 bits per heavy atom. The molecule has 32 heavy (non-hydrogen) atoms. The molecule has 2 aromatic rings. The normalized spacial score (nSPS) is 17.5. The SMILES string of the molecule is CCOC(=O)c1c(NC(=O)[C@@H](C)[NH+]2CCN(C(=O)c3ccco3)CC2)sc2c1CCCC2. The van der Waals surface area contributed by atoms with Crippen LogP contribution in [0.1, 0.15) is 58.0 Å². The third kappa shape index (κ3) is 4.59. The molecule has 0 aromatic carbocycles. The molecule has 2 aliphatic rings. The number of piperazine rings is 1. The molecule has 8 nitrogen and oxygen atoms in total. The van der Waals surface area contributed by atoms with E-state index in [9.17, 15) is 14.4 Å². The molecule has 0 unspecified atom stereocenters. The molecule has 2 N–H and O–H groups in total. The van der Waals surface area contributed by atoms with Crippen LogP contribution in [0.15, 0.2) is 22.8 Å². The van der Waals surface area contributed by atoms with Crippen molar-refractivity contribution < 1.29 is 28.4 Å². The number of furan rings is 1. The van der Waals surface area contributed by atoms with Crippen molar-refractivity contribution in [1.29, 1.82) is 0 Å². The number of quaternary nitrogens is 1. The molecule has 0 saturated carbocycles. The van der Waals surface area contributed by atoms with Gasteiger partial charge in [-0.1, -0.05) is 0 Å². The fourth-order valence-electron chi connectivity index (χ4n) is 4.46. The highest BCUT2D eigenvalue weighted by atomic mass is 32.1. The molecule has 1 saturated heterocycles. The first-order valence-corrected chi connectivity index (χ1v) is 12.1. The minimum Gasteiger partial charge on any atom is -0.462 e. The van der Waals surface area contributed by atoms with Crippen molar-refractivity contribution in [2.45, 2.75) is 45.6 Å². The zero-order valence-electron chi connectivity index (χ0n) is 18.6. The summed E-state index contributed by atoms with van der Waals surface area (Å²) in [5.41, 5.74) is 1.58. The summed E-state index contributed by atoms with van der Waals surface area (Å²) in [5, 5.41) is 3.63. The Bertz CT molecular complexity index is 976. The van der Waals surface area contributed by atoms with E-state index in [1.54, 1.807) is 24.0 Å². The summed E-state index contributed by atoms with van der Waals surface area (Å²) in [4.78, 5) is 42.2. The fraction of sp³-hybridized carbons (Fsp3) is 0.522. The monoisotopic (exact) mass is 460 g/mol. The predicted molar refractivity (Wildman–Crippen MR) is 120 cm³/mol. The average Bonchev–Trinajstić information content (AvgIpc) is 3.46. The van der Waals surface area contributed by atoms with Crippen molar-refractivity contribution >= 4 is 34.1 Å². The molecule has 2 aromatic heterocycles. The summed E-state index contributed by atoms with van der Waals surface area (Å²) >= 11 is 1.51. The smallest absolute Gasteiger partial charge is 0.341 e. The van der Waals surface area contributed by atoms with Crippen molar-refractivity contribution in [3.05, 3.63) is 40.2 Å². The Kier molecular flexibility index (Phi) is 6.95. The van der Waals surface area contributed by atoms with Crippen LogP contribution in [0.4, 0.5) is 5.00 Å². The number of nitrogens with zero attached hydrogens (tertiary/aromatic N) is 1. The van der Waals surface area contributed by atoms with Gasteiger partial charge in [-0.25, -0.2) is 4.79 Å². The van der Waals surface area contributed by atoms with E-state index >= 15 is 0 Å². The molecular formula is C23H30N3O5S+. The first-order chi connectivity index (χ1) is 15.5. The van der Waals surface area contributed by atoms with Crippen LogP contribution in [-0.2, 0) is 22.4 Å². The van der Waals surface area contributed by atoms with Crippen LogP contribution in [0.3, 0.4) is 0 Å². The summed E-state index contributed by atoms with van der Waals surface area (Å²) in [6.07, 6.45) is 5.43. The van der Waals surface area contributed by atoms with Crippen molar-refractivity contribution in [1.82, 2.24) is 4.90 Å². The van der Waals surface area contributed by atoms with Gasteiger partial charge in [0.2, 0.25) is 0 Å². The van der Waals surface area contributed by atoms with Gasteiger partial charge in [0.05, 0.1) is 44.6 Å². The van der Waals surface area contributed by atoms with E-state index in [4.69, 9.17) is 9.15 Å². The van der Waals surface area contributed by atoms with Crippen LogP contribution in [0, 0.1) is 0 Å². The minimum atomic E-state index is -0.354. The topological polar surface area (TPSA) is 93.3 Å². The predicted octanol–water partition coefficient (Wildman–Crippen LogP) is 1.76. The minimum absolute atomic E-state index is 0.116. The second-order valence-corrected chi connectivity index (χ2v) is 9.38. The molecule has 3 heterocycles. The molecule has 0 bridgehead atoms. The van der Waals surface area contributed by atoms with Crippen LogP contribution in [0.25, 0.3) is 0 Å². The van der Waals surface area contributed by atoms with E-state index in [0.717, 1.165) is 36.1 Å². The maximum atomic E-state index is 13.1. The summed E-state index contributed by atoms with van der Waals surface area (Å²) in [7, 11) is 0. The van der Waals surface area contributed by atoms with Gasteiger partial charge in [-0.3, -0.25) is 9.59 Å². The number of rotatable bonds is 6. The van der Waals surface area contributed by atoms with E-state index in [0.29, 0.717) is 49.1 Å². The number of esters is 1. The largest absolute Gasteiger partial charge is 0.462 e. The molecule has 4 rings (SSSR count). The lowest BCUT2D eigenvalue weighted by atomic mass is 9.95. The molecule has 1 atom stereocenters. The maximum Gasteiger partial charge on any atom is 0.341 e. The van der Waals surface area contributed by atoms with Gasteiger partial charge >= 0.3 is 5.97 Å². The lowest BCUT2D eigenvalue weighted by molar-refractivity contribution is -0.917. The quantitative estimate of drug-likeness (QED) is 0.641. The standard InChI is InChI=1S/C23H29N3O5S/c1-3-30-23(29)19-16-7-4-5-9-18(16)32-21(19)24-20(27)15(2)25-10-12-26(13-11-25)22(28)17-8-6-14-31-17/h6,8,14-15H,3-5,7,9-13H2,1-2H3,(H,24,27)/p+1/t15-/m1/s1. The zero-order chi connectivity index (χ0) is 22.7. The fourth-order valence-corrected chi connectivity index (χ4v) is 5.75. The van der Waals surface area contributed by atoms with E-state index in [1.165, 1.54) is 22.5 Å². The summed E-state index contributed by atoms with van der Waals surface area (Å²) < 4.78 is 10.5. The Morgan fingerprint density at radius 1 is 1.25 bits per heavy atom. The summed E-state index contributed by atoms with van der Waals surface area (Å²) in [6.45, 7) is 6.46. The second kappa shape index (κ2) is 9.87. The van der Waals surface area contributed by atoms with Gasteiger partial charge in [0.15, 0.2) is 11.8 Å². The van der Waals surface area contributed by atoms with Crippen LogP contribution in [0.2, 0.25) is 0 Å². The number of fused-ring (bicyclic) bond motifs is 1. The zero-order valence-corrected chi connectivity index (χ0v) is 19.4. The number of carbonyl (C=O) groups is 3. The van der Waals surface area contributed by atoms with E-state index < -0.39 is 0 Å². The Hall–Kier alpha value is -2.65. The van der Waals surface area contributed by atoms with Crippen molar-refractivity contribution in [2.24, 2.45) is 0 Å². The third-order valence-corrected chi connectivity index (χ3v) is 7.53. The van der Waals surface area contributed by atoms with Gasteiger partial charge < -0.3 is 24.3 Å². The molecule has 172 valence electrons. The van der Waals surface area contributed by atoms with Gasteiger partial charge in [0, 0.05) is 4.88 Å². The number of ether oxygens (including phenoxy) is 1. The van der Waals surface area contributed by atoms with Gasteiger partial charge in [0.25, 0.3) is 11.8 Å². The van der Waals surface area contributed by atoms with E-state index in [-0.39, 0.29) is 23.8 Å². The van der Waals surface area contributed by atoms with Crippen LogP contribution in [-0.4, -0.2) is 61.5 Å². The van der Waals surface area contributed by atoms with Crippen LogP contribution in [0.5, 0.6) is 0 Å². The molecule has 1 aliphatic carbocycles. The third-order valence-electron chi connectivity index (χ3n) is 6.32. The first-order valence-electron chi connectivity index (χ1n) is 11.3. The number of nitrogens with one attached hydrogen (secondary N) is 2. The lowest BCUT2D eigenvalue weighted by Gasteiger charge is -2.34. The van der Waals surface area contributed by atoms with Gasteiger partial charge in [-0.2, -0.15) is 0 Å². The van der Waals surface area contributed by atoms with Gasteiger partial charge in [0.1, 0.15) is 5.00 Å². The summed E-state index contributed by atoms with van der Waals surface area (Å²) in [6, 6.07) is 3.07. The Labute approximate surface area is 191 Å². The lowest BCUT2D eigenvalue weighted by Crippen LogP contribution is -3.19. The molecular weight excluding hydrogens is 430 g/mol. The number of hydrogen-bond acceptors (Lipinski definition) is 6. The second-order valence-electron chi connectivity index (χ2n) is 8.27. The van der Waals surface area contributed by atoms with Crippen LogP contribution < -0.4 is 10.2 Å². The maximum absolute atomic E-state index is 13.1. The molecule has 9 heteroatoms. The number of aryl methyl sites for hydroxylation is 1. The first kappa shape index (κ1) is 22.5. The highest BCUT2D eigenvalue weighted by Crippen LogP contribution is 2.38. The molecule has 0 spiro atoms. The highest BCUT2D eigenvalue weighted by molar-refractivity contribution is 7.17. The number of carbonyl (C=O) groups excluding carboxylic acids is 3. The van der Waals surface area contributed by atoms with Gasteiger partial charge in [-0.05, 0) is 57.2 Å². The van der Waals surface area contributed by atoms with Gasteiger partial charge in [-0.15, -0.1) is 11.3 Å².